The summed E-state index contributed by atoms with van der Waals surface area (Å²) < 4.78 is 13.4. The number of hydrogen-bond acceptors (Lipinski definition) is 3. The summed E-state index contributed by atoms with van der Waals surface area (Å²) in [4.78, 5) is 3.93. The summed E-state index contributed by atoms with van der Waals surface area (Å²) in [6.07, 6.45) is 2.55. The lowest BCUT2D eigenvalue weighted by atomic mass is 10.2. The molecule has 0 saturated heterocycles. The van der Waals surface area contributed by atoms with E-state index in [0.29, 0.717) is 11.4 Å². The summed E-state index contributed by atoms with van der Waals surface area (Å²) >= 11 is 0. The van der Waals surface area contributed by atoms with E-state index < -0.39 is 0 Å². The Morgan fingerprint density at radius 2 is 2.50 bits per heavy atom. The number of halogens is 1. The lowest BCUT2D eigenvalue weighted by molar-refractivity contribution is 0.603. The molecule has 0 saturated carbocycles. The highest BCUT2D eigenvalue weighted by atomic mass is 19.1. The molecule has 1 aliphatic rings. The third kappa shape index (κ3) is 0.956. The van der Waals surface area contributed by atoms with Crippen molar-refractivity contribution in [3.63, 3.8) is 0 Å². The summed E-state index contributed by atoms with van der Waals surface area (Å²) in [7, 11) is 0. The van der Waals surface area contributed by atoms with Crippen LogP contribution in [0, 0.1) is 5.82 Å². The van der Waals surface area contributed by atoms with Crippen LogP contribution in [-0.4, -0.2) is 11.5 Å². The lowest BCUT2D eigenvalue weighted by Crippen LogP contribution is -2.05. The maximum atomic E-state index is 13.4. The number of anilines is 1. The van der Waals surface area contributed by atoms with E-state index in [1.54, 1.807) is 6.20 Å². The first-order chi connectivity index (χ1) is 5.83. The van der Waals surface area contributed by atoms with Crippen LogP contribution in [0.5, 0.6) is 0 Å². The molecule has 2 heterocycles. The monoisotopic (exact) mass is 167 g/mol. The molecule has 1 aliphatic heterocycles. The van der Waals surface area contributed by atoms with Gasteiger partial charge in [0.2, 0.25) is 0 Å². The minimum Gasteiger partial charge on any atom is -0.382 e. The Balaban J connectivity index is 2.54. The fraction of sp³-hybridized carbons (Fsp3) is 0.375. The molecule has 1 aromatic rings. The van der Waals surface area contributed by atoms with Gasteiger partial charge in [-0.05, 0) is 12.0 Å². The SMILES string of the molecule is NCc1ncc2c(c1F)NCC2. The summed E-state index contributed by atoms with van der Waals surface area (Å²) in [6, 6.07) is 0. The standard InChI is InChI=1S/C8H10FN3/c9-7-6(3-10)12-4-5-1-2-11-8(5)7/h4,11H,1-3,10H2. The summed E-state index contributed by atoms with van der Waals surface area (Å²) in [5, 5.41) is 2.97. The molecule has 3 nitrogen and oxygen atoms in total. The van der Waals surface area contributed by atoms with E-state index in [4.69, 9.17) is 5.73 Å². The summed E-state index contributed by atoms with van der Waals surface area (Å²) in [5.41, 5.74) is 7.19. The van der Waals surface area contributed by atoms with Gasteiger partial charge >= 0.3 is 0 Å². The Hall–Kier alpha value is -1.16. The van der Waals surface area contributed by atoms with Crippen molar-refractivity contribution >= 4 is 5.69 Å². The quantitative estimate of drug-likeness (QED) is 0.645. The van der Waals surface area contributed by atoms with Gasteiger partial charge in [0.15, 0.2) is 5.82 Å². The molecule has 0 aromatic carbocycles. The van der Waals surface area contributed by atoms with Crippen LogP contribution >= 0.6 is 0 Å². The van der Waals surface area contributed by atoms with Crippen molar-refractivity contribution in [1.29, 1.82) is 0 Å². The Labute approximate surface area is 69.8 Å². The van der Waals surface area contributed by atoms with Crippen LogP contribution in [0.3, 0.4) is 0 Å². The molecule has 12 heavy (non-hydrogen) atoms. The maximum absolute atomic E-state index is 13.4. The predicted molar refractivity (Wildman–Crippen MR) is 44.3 cm³/mol. The number of fused-ring (bicyclic) bond motifs is 1. The molecule has 4 heteroatoms. The fourth-order valence-electron chi connectivity index (χ4n) is 1.41. The van der Waals surface area contributed by atoms with Crippen molar-refractivity contribution in [2.45, 2.75) is 13.0 Å². The molecular weight excluding hydrogens is 157 g/mol. The first-order valence-corrected chi connectivity index (χ1v) is 3.93. The van der Waals surface area contributed by atoms with E-state index in [1.807, 2.05) is 0 Å². The van der Waals surface area contributed by atoms with E-state index in [1.165, 1.54) is 0 Å². The first kappa shape index (κ1) is 7.49. The highest BCUT2D eigenvalue weighted by Gasteiger charge is 2.17. The highest BCUT2D eigenvalue weighted by Crippen LogP contribution is 2.25. The van der Waals surface area contributed by atoms with E-state index in [0.717, 1.165) is 18.5 Å². The van der Waals surface area contributed by atoms with Crippen molar-refractivity contribution in [2.75, 3.05) is 11.9 Å². The zero-order valence-corrected chi connectivity index (χ0v) is 6.60. The Kier molecular flexibility index (Phi) is 1.69. The number of rotatable bonds is 1. The molecule has 0 bridgehead atoms. The third-order valence-electron chi connectivity index (χ3n) is 2.06. The highest BCUT2D eigenvalue weighted by molar-refractivity contribution is 5.56. The fourth-order valence-corrected chi connectivity index (χ4v) is 1.41. The minimum absolute atomic E-state index is 0.154. The number of hydrogen-bond donors (Lipinski definition) is 2. The second-order valence-corrected chi connectivity index (χ2v) is 2.80. The summed E-state index contributed by atoms with van der Waals surface area (Å²) in [6.45, 7) is 0.947. The van der Waals surface area contributed by atoms with Crippen LogP contribution in [0.2, 0.25) is 0 Å². The van der Waals surface area contributed by atoms with Gasteiger partial charge < -0.3 is 11.1 Å². The van der Waals surface area contributed by atoms with Crippen molar-refractivity contribution < 1.29 is 4.39 Å². The van der Waals surface area contributed by atoms with Gasteiger partial charge in [0.25, 0.3) is 0 Å². The molecule has 64 valence electrons. The minimum atomic E-state index is -0.285. The Morgan fingerprint density at radius 1 is 1.67 bits per heavy atom. The maximum Gasteiger partial charge on any atom is 0.169 e. The third-order valence-corrected chi connectivity index (χ3v) is 2.06. The van der Waals surface area contributed by atoms with E-state index in [2.05, 4.69) is 10.3 Å². The van der Waals surface area contributed by atoms with Crippen molar-refractivity contribution in [2.24, 2.45) is 5.73 Å². The van der Waals surface area contributed by atoms with Gasteiger partial charge in [-0.1, -0.05) is 0 Å². The molecule has 0 radical (unpaired) electrons. The molecule has 3 N–H and O–H groups in total. The van der Waals surface area contributed by atoms with Crippen molar-refractivity contribution in [3.8, 4) is 0 Å². The molecule has 0 unspecified atom stereocenters. The number of aromatic nitrogens is 1. The van der Waals surface area contributed by atoms with Gasteiger partial charge in [-0.2, -0.15) is 0 Å². The van der Waals surface area contributed by atoms with Crippen LogP contribution < -0.4 is 11.1 Å². The van der Waals surface area contributed by atoms with Gasteiger partial charge in [0.1, 0.15) is 0 Å². The summed E-state index contributed by atoms with van der Waals surface area (Å²) in [5.74, 6) is -0.285. The van der Waals surface area contributed by atoms with Gasteiger partial charge in [-0.3, -0.25) is 4.98 Å². The second kappa shape index (κ2) is 2.71. The molecule has 1 aromatic heterocycles. The van der Waals surface area contributed by atoms with Crippen LogP contribution in [0.15, 0.2) is 6.20 Å². The molecular formula is C8H10FN3. The number of nitrogens with zero attached hydrogens (tertiary/aromatic N) is 1. The molecule has 0 fully saturated rings. The second-order valence-electron chi connectivity index (χ2n) is 2.80. The van der Waals surface area contributed by atoms with Crippen LogP contribution in [0.4, 0.5) is 10.1 Å². The normalized spacial score (nSPS) is 14.2. The van der Waals surface area contributed by atoms with E-state index >= 15 is 0 Å². The molecule has 0 spiro atoms. The smallest absolute Gasteiger partial charge is 0.169 e. The molecule has 0 atom stereocenters. The predicted octanol–water partition coefficient (Wildman–Crippen LogP) is 0.647. The van der Waals surface area contributed by atoms with E-state index in [-0.39, 0.29) is 12.4 Å². The van der Waals surface area contributed by atoms with Gasteiger partial charge in [-0.25, -0.2) is 4.39 Å². The van der Waals surface area contributed by atoms with Gasteiger partial charge in [0, 0.05) is 19.3 Å². The Morgan fingerprint density at radius 3 is 3.25 bits per heavy atom. The molecule has 2 rings (SSSR count). The van der Waals surface area contributed by atoms with Crippen molar-refractivity contribution in [1.82, 2.24) is 4.98 Å². The largest absolute Gasteiger partial charge is 0.382 e. The zero-order chi connectivity index (χ0) is 8.55. The van der Waals surface area contributed by atoms with E-state index in [9.17, 15) is 4.39 Å². The van der Waals surface area contributed by atoms with Gasteiger partial charge in [-0.15, -0.1) is 0 Å². The average Bonchev–Trinajstić information content (AvgIpc) is 2.53. The van der Waals surface area contributed by atoms with Crippen LogP contribution in [0.1, 0.15) is 11.3 Å². The number of pyridine rings is 1. The van der Waals surface area contributed by atoms with Gasteiger partial charge in [0.05, 0.1) is 11.4 Å². The molecule has 0 aliphatic carbocycles. The number of nitrogens with one attached hydrogen (secondary N) is 1. The Bertz CT molecular complexity index is 311. The van der Waals surface area contributed by atoms with Crippen molar-refractivity contribution in [3.05, 3.63) is 23.3 Å². The topological polar surface area (TPSA) is 50.9 Å². The molecule has 0 amide bonds. The van der Waals surface area contributed by atoms with Crippen LogP contribution in [0.25, 0.3) is 0 Å². The lowest BCUT2D eigenvalue weighted by Gasteiger charge is -2.04. The zero-order valence-electron chi connectivity index (χ0n) is 6.60. The van der Waals surface area contributed by atoms with Crippen LogP contribution in [-0.2, 0) is 13.0 Å². The first-order valence-electron chi connectivity index (χ1n) is 3.93. The number of nitrogens with two attached hydrogens (primary N) is 1. The average molecular weight is 167 g/mol.